The van der Waals surface area contributed by atoms with Gasteiger partial charge in [0.25, 0.3) is 0 Å². The molecular weight excluding hydrogens is 719 g/mol. The zero-order chi connectivity index (χ0) is 39.1. The third-order valence-electron chi connectivity index (χ3n) is 11.1. The van der Waals surface area contributed by atoms with Crippen LogP contribution >= 0.6 is 0 Å². The van der Waals surface area contributed by atoms with E-state index in [0.29, 0.717) is 17.5 Å². The Morgan fingerprint density at radius 2 is 0.746 bits per heavy atom. The molecule has 11 aromatic rings. The van der Waals surface area contributed by atoms with Crippen molar-refractivity contribution in [2.45, 2.75) is 0 Å². The lowest BCUT2D eigenvalue weighted by molar-refractivity contribution is 0.669. The molecule has 0 aliphatic rings. The molecule has 0 amide bonds. The van der Waals surface area contributed by atoms with E-state index in [-0.39, 0.29) is 0 Å². The molecule has 0 spiro atoms. The Bertz CT molecular complexity index is 3230. The molecule has 4 heteroatoms. The summed E-state index contributed by atoms with van der Waals surface area (Å²) in [6.07, 6.45) is 0. The van der Waals surface area contributed by atoms with Gasteiger partial charge in [0.15, 0.2) is 17.5 Å². The van der Waals surface area contributed by atoms with Gasteiger partial charge in [-0.05, 0) is 85.6 Å². The molecule has 2 heterocycles. The van der Waals surface area contributed by atoms with Crippen LogP contribution in [0.1, 0.15) is 0 Å². The first-order valence-corrected chi connectivity index (χ1v) is 19.8. The highest BCUT2D eigenvalue weighted by Gasteiger charge is 2.20. The fourth-order valence-corrected chi connectivity index (χ4v) is 8.26. The number of fused-ring (bicyclic) bond motifs is 5. The van der Waals surface area contributed by atoms with Gasteiger partial charge in [-0.2, -0.15) is 0 Å². The molecular formula is C55H35N3O. The van der Waals surface area contributed by atoms with E-state index < -0.39 is 0 Å². The summed E-state index contributed by atoms with van der Waals surface area (Å²) in [4.78, 5) is 14.9. The van der Waals surface area contributed by atoms with Crippen molar-refractivity contribution in [3.8, 4) is 78.7 Å². The summed E-state index contributed by atoms with van der Waals surface area (Å²) in [5.74, 6) is 1.90. The van der Waals surface area contributed by atoms with Crippen molar-refractivity contribution >= 4 is 32.7 Å². The SMILES string of the molecule is c1ccc(-c2cc(-c3ccc(-c4nc(-c5ccccc5)nc(-c5ccccc5)n4)cc3)c(-c3ccccc3)c(-c3ccc4oc5ccc6ccccc6c5c4c3)c2)cc1. The van der Waals surface area contributed by atoms with Crippen molar-refractivity contribution in [3.05, 3.63) is 212 Å². The average Bonchev–Trinajstić information content (AvgIpc) is 3.71. The molecule has 2 aromatic heterocycles. The molecule has 0 aliphatic heterocycles. The predicted octanol–water partition coefficient (Wildman–Crippen LogP) is 14.6. The summed E-state index contributed by atoms with van der Waals surface area (Å²) in [6, 6.07) is 74.3. The molecule has 11 rings (SSSR count). The Morgan fingerprint density at radius 3 is 1.36 bits per heavy atom. The molecule has 59 heavy (non-hydrogen) atoms. The highest BCUT2D eigenvalue weighted by atomic mass is 16.3. The first-order valence-electron chi connectivity index (χ1n) is 19.8. The number of hydrogen-bond donors (Lipinski definition) is 0. The summed E-state index contributed by atoms with van der Waals surface area (Å²) in [6.45, 7) is 0. The van der Waals surface area contributed by atoms with Crippen molar-refractivity contribution in [2.75, 3.05) is 0 Å². The number of rotatable bonds is 7. The van der Waals surface area contributed by atoms with Crippen LogP contribution in [0.3, 0.4) is 0 Å². The summed E-state index contributed by atoms with van der Waals surface area (Å²) in [7, 11) is 0. The number of aromatic nitrogens is 3. The topological polar surface area (TPSA) is 51.8 Å². The average molecular weight is 754 g/mol. The smallest absolute Gasteiger partial charge is 0.164 e. The van der Waals surface area contributed by atoms with Crippen molar-refractivity contribution in [1.29, 1.82) is 0 Å². The van der Waals surface area contributed by atoms with Crippen LogP contribution in [-0.2, 0) is 0 Å². The van der Waals surface area contributed by atoms with E-state index in [1.54, 1.807) is 0 Å². The zero-order valence-corrected chi connectivity index (χ0v) is 32.0. The molecule has 0 aliphatic carbocycles. The molecule has 0 radical (unpaired) electrons. The summed E-state index contributed by atoms with van der Waals surface area (Å²) in [5, 5.41) is 4.62. The van der Waals surface area contributed by atoms with E-state index in [4.69, 9.17) is 19.4 Å². The second kappa shape index (κ2) is 14.5. The van der Waals surface area contributed by atoms with E-state index in [1.165, 1.54) is 10.8 Å². The van der Waals surface area contributed by atoms with Crippen molar-refractivity contribution < 1.29 is 4.42 Å². The number of benzene rings is 9. The summed E-state index contributed by atoms with van der Waals surface area (Å²) >= 11 is 0. The van der Waals surface area contributed by atoms with Crippen LogP contribution in [0.5, 0.6) is 0 Å². The molecule has 4 nitrogen and oxygen atoms in total. The van der Waals surface area contributed by atoms with Crippen LogP contribution in [0, 0.1) is 0 Å². The Labute approximate surface area is 341 Å². The fourth-order valence-electron chi connectivity index (χ4n) is 8.26. The third kappa shape index (κ3) is 6.34. The minimum Gasteiger partial charge on any atom is -0.456 e. The second-order valence-electron chi connectivity index (χ2n) is 14.8. The largest absolute Gasteiger partial charge is 0.456 e. The van der Waals surface area contributed by atoms with Gasteiger partial charge >= 0.3 is 0 Å². The lowest BCUT2D eigenvalue weighted by atomic mass is 9.84. The van der Waals surface area contributed by atoms with Gasteiger partial charge in [0.2, 0.25) is 0 Å². The van der Waals surface area contributed by atoms with Gasteiger partial charge in [-0.25, -0.2) is 15.0 Å². The van der Waals surface area contributed by atoms with E-state index >= 15 is 0 Å². The van der Waals surface area contributed by atoms with Crippen molar-refractivity contribution in [3.63, 3.8) is 0 Å². The second-order valence-corrected chi connectivity index (χ2v) is 14.8. The van der Waals surface area contributed by atoms with Gasteiger partial charge in [-0.15, -0.1) is 0 Å². The maximum Gasteiger partial charge on any atom is 0.164 e. The van der Waals surface area contributed by atoms with Gasteiger partial charge in [0.05, 0.1) is 0 Å². The summed E-state index contributed by atoms with van der Waals surface area (Å²) in [5.41, 5.74) is 13.6. The van der Waals surface area contributed by atoms with Gasteiger partial charge in [-0.3, -0.25) is 0 Å². The van der Waals surface area contributed by atoms with Crippen molar-refractivity contribution in [1.82, 2.24) is 15.0 Å². The lowest BCUT2D eigenvalue weighted by Gasteiger charge is -2.19. The van der Waals surface area contributed by atoms with Crippen LogP contribution in [-0.4, -0.2) is 15.0 Å². The highest BCUT2D eigenvalue weighted by molar-refractivity contribution is 6.19. The molecule has 9 aromatic carbocycles. The third-order valence-corrected chi connectivity index (χ3v) is 11.1. The Balaban J connectivity index is 1.11. The number of furan rings is 1. The van der Waals surface area contributed by atoms with Crippen LogP contribution < -0.4 is 0 Å². The van der Waals surface area contributed by atoms with Crippen LogP contribution in [0.25, 0.3) is 111 Å². The van der Waals surface area contributed by atoms with Crippen LogP contribution in [0.15, 0.2) is 217 Å². The van der Waals surface area contributed by atoms with Gasteiger partial charge in [0.1, 0.15) is 11.2 Å². The fraction of sp³-hybridized carbons (Fsp3) is 0. The molecule has 0 atom stereocenters. The van der Waals surface area contributed by atoms with Crippen LogP contribution in [0.2, 0.25) is 0 Å². The Hall–Kier alpha value is -7.95. The summed E-state index contributed by atoms with van der Waals surface area (Å²) < 4.78 is 6.45. The molecule has 0 bridgehead atoms. The van der Waals surface area contributed by atoms with E-state index in [0.717, 1.165) is 83.1 Å². The minimum absolute atomic E-state index is 0.624. The molecule has 0 fully saturated rings. The first-order chi connectivity index (χ1) is 29.2. The number of hydrogen-bond acceptors (Lipinski definition) is 4. The Kier molecular flexibility index (Phi) is 8.45. The van der Waals surface area contributed by atoms with E-state index in [2.05, 4.69) is 152 Å². The predicted molar refractivity (Wildman–Crippen MR) is 243 cm³/mol. The van der Waals surface area contributed by atoms with Crippen LogP contribution in [0.4, 0.5) is 0 Å². The quantitative estimate of drug-likeness (QED) is 0.163. The molecule has 0 saturated heterocycles. The van der Waals surface area contributed by atoms with Crippen molar-refractivity contribution in [2.24, 2.45) is 0 Å². The molecule has 0 unspecified atom stereocenters. The molecule has 0 N–H and O–H groups in total. The van der Waals surface area contributed by atoms with Gasteiger partial charge in [0, 0.05) is 27.5 Å². The highest BCUT2D eigenvalue weighted by Crippen LogP contribution is 2.45. The zero-order valence-electron chi connectivity index (χ0n) is 32.0. The molecule has 276 valence electrons. The monoisotopic (exact) mass is 753 g/mol. The number of nitrogens with zero attached hydrogens (tertiary/aromatic N) is 3. The Morgan fingerprint density at radius 1 is 0.288 bits per heavy atom. The van der Waals surface area contributed by atoms with Gasteiger partial charge in [-0.1, -0.05) is 182 Å². The minimum atomic E-state index is 0.624. The van der Waals surface area contributed by atoms with Gasteiger partial charge < -0.3 is 4.42 Å². The van der Waals surface area contributed by atoms with E-state index in [9.17, 15) is 0 Å². The maximum absolute atomic E-state index is 6.45. The maximum atomic E-state index is 6.45. The normalized spacial score (nSPS) is 11.4. The lowest BCUT2D eigenvalue weighted by Crippen LogP contribution is -2.00. The standard InChI is InChI=1S/C55H35N3O/c1-5-15-36(16-6-1)44-34-46(38-25-27-42(28-26-38)55-57-53(40-20-9-3-10-21-40)56-54(58-55)41-22-11-4-12-23-41)51(39-18-7-2-8-19-39)47(35-44)43-30-31-49-48(33-43)52-45-24-14-13-17-37(45)29-32-50(52)59-49/h1-35H. The first kappa shape index (κ1) is 34.3. The van der Waals surface area contributed by atoms with E-state index in [1.807, 2.05) is 60.7 Å². The molecule has 0 saturated carbocycles.